The van der Waals surface area contributed by atoms with E-state index in [1.165, 1.54) is 12.1 Å². The van der Waals surface area contributed by atoms with E-state index in [0.29, 0.717) is 38.9 Å². The number of ether oxygens (including phenoxy) is 1. The van der Waals surface area contributed by atoms with Gasteiger partial charge in [0, 0.05) is 58.3 Å². The van der Waals surface area contributed by atoms with Gasteiger partial charge < -0.3 is 19.9 Å². The molecule has 1 saturated heterocycles. The van der Waals surface area contributed by atoms with Gasteiger partial charge in [0.2, 0.25) is 11.8 Å². The largest absolute Gasteiger partial charge is 0.490 e. The maximum absolute atomic E-state index is 13.6. The molecular weight excluding hydrogens is 485 g/mol. The molecule has 202 valence electrons. The zero-order chi connectivity index (χ0) is 26.6. The first-order valence-corrected chi connectivity index (χ1v) is 13.6. The first-order chi connectivity index (χ1) is 18.4. The number of aryl methyl sites for hydroxylation is 1. The van der Waals surface area contributed by atoms with Gasteiger partial charge in [0.05, 0.1) is 23.6 Å². The van der Waals surface area contributed by atoms with Crippen LogP contribution in [0.3, 0.4) is 0 Å². The molecule has 3 aliphatic heterocycles. The number of benzene rings is 1. The monoisotopic (exact) mass is 521 g/mol. The highest BCUT2D eigenvalue weighted by Crippen LogP contribution is 2.34. The second kappa shape index (κ2) is 11.5. The number of hydrogen-bond donors (Lipinski definition) is 1. The van der Waals surface area contributed by atoms with Crippen LogP contribution in [0.2, 0.25) is 0 Å². The molecule has 0 spiro atoms. The Morgan fingerprint density at radius 3 is 2.79 bits per heavy atom. The third-order valence-electron chi connectivity index (χ3n) is 7.69. The summed E-state index contributed by atoms with van der Waals surface area (Å²) in [6.45, 7) is 6.67. The summed E-state index contributed by atoms with van der Waals surface area (Å²) in [5, 5.41) is 2.89. The predicted molar refractivity (Wildman–Crippen MR) is 143 cm³/mol. The first-order valence-electron chi connectivity index (χ1n) is 13.6. The minimum absolute atomic E-state index is 0.0290. The van der Waals surface area contributed by atoms with Crippen molar-refractivity contribution in [3.05, 3.63) is 58.8 Å². The Labute approximate surface area is 223 Å². The zero-order valence-corrected chi connectivity index (χ0v) is 22.2. The minimum atomic E-state index is -0.257. The van der Waals surface area contributed by atoms with Crippen molar-refractivity contribution in [2.75, 3.05) is 31.1 Å². The van der Waals surface area contributed by atoms with Gasteiger partial charge in [-0.1, -0.05) is 12.2 Å². The molecule has 8 nitrogen and oxygen atoms in total. The Morgan fingerprint density at radius 2 is 1.97 bits per heavy atom. The lowest BCUT2D eigenvalue weighted by molar-refractivity contribution is -0.129. The van der Waals surface area contributed by atoms with E-state index >= 15 is 0 Å². The summed E-state index contributed by atoms with van der Waals surface area (Å²) in [5.74, 6) is 1.41. The summed E-state index contributed by atoms with van der Waals surface area (Å²) in [5.41, 5.74) is 3.49. The number of nitrogens with zero attached hydrogens (tertiary/aromatic N) is 4. The molecule has 38 heavy (non-hydrogen) atoms. The van der Waals surface area contributed by atoms with Crippen molar-refractivity contribution in [2.45, 2.75) is 70.9 Å². The number of rotatable bonds is 4. The number of nitrogens with one attached hydrogen (secondary N) is 1. The molecule has 0 saturated carbocycles. The van der Waals surface area contributed by atoms with Crippen LogP contribution >= 0.6 is 0 Å². The third-order valence-corrected chi connectivity index (χ3v) is 7.69. The Morgan fingerprint density at radius 1 is 1.11 bits per heavy atom. The van der Waals surface area contributed by atoms with Gasteiger partial charge in [0.25, 0.3) is 0 Å². The van der Waals surface area contributed by atoms with Crippen molar-refractivity contribution in [1.29, 1.82) is 0 Å². The van der Waals surface area contributed by atoms with Crippen molar-refractivity contribution >= 4 is 17.6 Å². The molecular formula is C29H36FN5O3. The van der Waals surface area contributed by atoms with Crippen LogP contribution in [-0.4, -0.2) is 59.0 Å². The predicted octanol–water partition coefficient (Wildman–Crippen LogP) is 3.82. The highest BCUT2D eigenvalue weighted by Gasteiger charge is 2.29. The Hall–Kier alpha value is -3.49. The van der Waals surface area contributed by atoms with E-state index in [-0.39, 0.29) is 29.7 Å². The Kier molecular flexibility index (Phi) is 7.90. The number of halogens is 1. The molecule has 9 heteroatoms. The zero-order valence-electron chi connectivity index (χ0n) is 22.2. The van der Waals surface area contributed by atoms with Gasteiger partial charge in [-0.15, -0.1) is 0 Å². The lowest BCUT2D eigenvalue weighted by Crippen LogP contribution is -2.37. The molecule has 1 aromatic carbocycles. The van der Waals surface area contributed by atoms with E-state index in [2.05, 4.69) is 16.3 Å². The number of carbonyl (C=O) groups is 2. The summed E-state index contributed by atoms with van der Waals surface area (Å²) in [4.78, 5) is 38.6. The van der Waals surface area contributed by atoms with Crippen molar-refractivity contribution in [3.63, 3.8) is 0 Å². The smallest absolute Gasteiger partial charge is 0.220 e. The standard InChI is InChI=1S/C29H36FN5O3/c1-19-17-22(30)8-9-26(19)38-23-6-4-14-34(15-11-23)29-28(21-5-3-13-31-27(37)10-7-21)32-25-18-35(20(2)36)16-12-24(25)33-29/h3,5,8-9,17,21,23H,4,6-7,10-16,18H2,1-2H3,(H,31,37). The van der Waals surface area contributed by atoms with Gasteiger partial charge in [-0.3, -0.25) is 9.59 Å². The Balaban J connectivity index is 1.41. The van der Waals surface area contributed by atoms with Crippen LogP contribution < -0.4 is 15.0 Å². The number of hydrogen-bond acceptors (Lipinski definition) is 6. The van der Waals surface area contributed by atoms with E-state index in [4.69, 9.17) is 14.7 Å². The average Bonchev–Trinajstić information content (AvgIpc) is 3.12. The van der Waals surface area contributed by atoms with E-state index in [0.717, 1.165) is 66.6 Å². The van der Waals surface area contributed by atoms with Crippen molar-refractivity contribution < 1.29 is 18.7 Å². The topological polar surface area (TPSA) is 87.7 Å². The van der Waals surface area contributed by atoms with Crippen LogP contribution in [0.4, 0.5) is 10.2 Å². The summed E-state index contributed by atoms with van der Waals surface area (Å²) in [7, 11) is 0. The van der Waals surface area contributed by atoms with Gasteiger partial charge in [-0.2, -0.15) is 0 Å². The van der Waals surface area contributed by atoms with Gasteiger partial charge in [0.15, 0.2) is 5.82 Å². The van der Waals surface area contributed by atoms with E-state index in [1.807, 2.05) is 17.9 Å². The number of carbonyl (C=O) groups excluding carboxylic acids is 2. The van der Waals surface area contributed by atoms with E-state index in [1.54, 1.807) is 13.0 Å². The van der Waals surface area contributed by atoms with Crippen LogP contribution in [-0.2, 0) is 22.6 Å². The normalized spacial score (nSPS) is 22.1. The van der Waals surface area contributed by atoms with Gasteiger partial charge in [0.1, 0.15) is 17.7 Å². The number of anilines is 1. The second-order valence-electron chi connectivity index (χ2n) is 10.5. The third kappa shape index (κ3) is 5.97. The fourth-order valence-electron chi connectivity index (χ4n) is 5.51. The molecule has 2 aromatic rings. The van der Waals surface area contributed by atoms with Crippen LogP contribution in [0.15, 0.2) is 30.4 Å². The minimum Gasteiger partial charge on any atom is -0.490 e. The van der Waals surface area contributed by atoms with Crippen molar-refractivity contribution in [2.24, 2.45) is 0 Å². The highest BCUT2D eigenvalue weighted by molar-refractivity contribution is 5.76. The molecule has 0 radical (unpaired) electrons. The lowest BCUT2D eigenvalue weighted by Gasteiger charge is -2.31. The number of aromatic nitrogens is 2. The molecule has 0 bridgehead atoms. The molecule has 1 fully saturated rings. The summed E-state index contributed by atoms with van der Waals surface area (Å²) in [6.07, 6.45) is 8.58. The summed E-state index contributed by atoms with van der Waals surface area (Å²) >= 11 is 0. The maximum atomic E-state index is 13.6. The number of amides is 2. The first kappa shape index (κ1) is 26.1. The molecule has 2 amide bonds. The van der Waals surface area contributed by atoms with Crippen LogP contribution in [0.5, 0.6) is 5.75 Å². The fraction of sp³-hybridized carbons (Fsp3) is 0.517. The van der Waals surface area contributed by atoms with E-state index < -0.39 is 0 Å². The second-order valence-corrected chi connectivity index (χ2v) is 10.5. The highest BCUT2D eigenvalue weighted by atomic mass is 19.1. The number of fused-ring (bicyclic) bond motifs is 1. The molecule has 5 rings (SSSR count). The van der Waals surface area contributed by atoms with Crippen LogP contribution in [0.1, 0.15) is 67.6 Å². The molecule has 1 N–H and O–H groups in total. The maximum Gasteiger partial charge on any atom is 0.220 e. The summed E-state index contributed by atoms with van der Waals surface area (Å²) in [6, 6.07) is 4.65. The van der Waals surface area contributed by atoms with Gasteiger partial charge in [-0.25, -0.2) is 14.4 Å². The summed E-state index contributed by atoms with van der Waals surface area (Å²) < 4.78 is 19.8. The molecule has 3 aliphatic rings. The van der Waals surface area contributed by atoms with Crippen LogP contribution in [0, 0.1) is 12.7 Å². The van der Waals surface area contributed by atoms with Gasteiger partial charge >= 0.3 is 0 Å². The molecule has 2 unspecified atom stereocenters. The SMILES string of the molecule is CC(=O)N1CCc2nc(N3CCCC(Oc4ccc(F)cc4C)CC3)c(C3C=CCNC(=O)CC3)nc2C1. The van der Waals surface area contributed by atoms with Crippen molar-refractivity contribution in [3.8, 4) is 5.75 Å². The van der Waals surface area contributed by atoms with Gasteiger partial charge in [-0.05, 0) is 49.9 Å². The lowest BCUT2D eigenvalue weighted by atomic mass is 9.95. The van der Waals surface area contributed by atoms with Crippen LogP contribution in [0.25, 0.3) is 0 Å². The molecule has 0 aliphatic carbocycles. The van der Waals surface area contributed by atoms with E-state index in [9.17, 15) is 14.0 Å². The average molecular weight is 522 g/mol. The molecule has 4 heterocycles. The van der Waals surface area contributed by atoms with Crippen molar-refractivity contribution in [1.82, 2.24) is 20.2 Å². The fourth-order valence-corrected chi connectivity index (χ4v) is 5.51. The molecule has 1 aromatic heterocycles. The quantitative estimate of drug-likeness (QED) is 0.616. The molecule has 2 atom stereocenters. The Bertz CT molecular complexity index is 1230. The number of allylic oxidation sites excluding steroid dienone is 1.